The maximum absolute atomic E-state index is 12.6. The van der Waals surface area contributed by atoms with Crippen molar-refractivity contribution in [1.29, 1.82) is 0 Å². The first-order valence-electron chi connectivity index (χ1n) is 8.95. The van der Waals surface area contributed by atoms with Crippen molar-refractivity contribution in [3.63, 3.8) is 0 Å². The molecule has 0 bridgehead atoms. The summed E-state index contributed by atoms with van der Waals surface area (Å²) in [4.78, 5) is 28.6. The van der Waals surface area contributed by atoms with Crippen LogP contribution in [0.2, 0.25) is 0 Å². The molecule has 0 radical (unpaired) electrons. The molecule has 1 N–H and O–H groups in total. The van der Waals surface area contributed by atoms with Gasteiger partial charge in [-0.2, -0.15) is 0 Å². The maximum atomic E-state index is 12.6. The van der Waals surface area contributed by atoms with Crippen LogP contribution in [0, 0.1) is 5.41 Å². The summed E-state index contributed by atoms with van der Waals surface area (Å²) >= 11 is 0. The van der Waals surface area contributed by atoms with Crippen molar-refractivity contribution >= 4 is 11.8 Å². The second-order valence-corrected chi connectivity index (χ2v) is 7.20. The average molecular weight is 342 g/mol. The van der Waals surface area contributed by atoms with Gasteiger partial charge in [-0.25, -0.2) is 0 Å². The molecule has 2 aliphatic rings. The first-order valence-corrected chi connectivity index (χ1v) is 8.95. The second kappa shape index (κ2) is 7.40. The summed E-state index contributed by atoms with van der Waals surface area (Å²) in [6.07, 6.45) is 4.68. The van der Waals surface area contributed by atoms with E-state index in [9.17, 15) is 14.7 Å². The summed E-state index contributed by atoms with van der Waals surface area (Å²) in [5.74, 6) is 0.0729. The van der Waals surface area contributed by atoms with Crippen LogP contribution in [-0.2, 0) is 11.3 Å². The Balaban J connectivity index is 1.56. The highest BCUT2D eigenvalue weighted by atomic mass is 16.3. The lowest BCUT2D eigenvalue weighted by Crippen LogP contribution is -2.48. The molecule has 0 saturated carbocycles. The summed E-state index contributed by atoms with van der Waals surface area (Å²) in [7, 11) is 0. The van der Waals surface area contributed by atoms with Crippen molar-refractivity contribution < 1.29 is 14.7 Å². The molecule has 3 rings (SSSR count). The summed E-state index contributed by atoms with van der Waals surface area (Å²) in [6.45, 7) is 6.17. The van der Waals surface area contributed by atoms with Gasteiger partial charge >= 0.3 is 0 Å². The number of rotatable bonds is 6. The minimum absolute atomic E-state index is 0.0124. The molecule has 0 unspecified atom stereocenters. The third-order valence-corrected chi connectivity index (χ3v) is 5.42. The molecule has 134 valence electrons. The Morgan fingerprint density at radius 3 is 2.88 bits per heavy atom. The van der Waals surface area contributed by atoms with Crippen LogP contribution in [0.1, 0.15) is 41.6 Å². The molecule has 1 aromatic rings. The van der Waals surface area contributed by atoms with Gasteiger partial charge in [0, 0.05) is 43.6 Å². The lowest BCUT2D eigenvalue weighted by atomic mass is 9.78. The molecule has 2 heterocycles. The van der Waals surface area contributed by atoms with Gasteiger partial charge in [-0.15, -0.1) is 6.58 Å². The minimum atomic E-state index is -0.255. The van der Waals surface area contributed by atoms with E-state index < -0.39 is 0 Å². The standard InChI is InChI=1S/C20H26N2O3/c1-2-9-20(15-23)10-5-11-22(14-20)18(24)8-12-21-13-16-6-3-4-7-17(16)19(21)25/h2-4,6-7,23H,1,5,8-15H2/t20-/m1/s1. The Hall–Kier alpha value is -2.14. The first kappa shape index (κ1) is 17.7. The summed E-state index contributed by atoms with van der Waals surface area (Å²) in [6, 6.07) is 7.61. The highest BCUT2D eigenvalue weighted by Gasteiger charge is 2.36. The molecule has 25 heavy (non-hydrogen) atoms. The molecular formula is C20H26N2O3. The van der Waals surface area contributed by atoms with Gasteiger partial charge < -0.3 is 14.9 Å². The second-order valence-electron chi connectivity index (χ2n) is 7.20. The van der Waals surface area contributed by atoms with Gasteiger partial charge in [0.05, 0.1) is 6.61 Å². The number of piperidine rings is 1. The van der Waals surface area contributed by atoms with E-state index in [1.807, 2.05) is 35.2 Å². The maximum Gasteiger partial charge on any atom is 0.254 e. The van der Waals surface area contributed by atoms with E-state index in [1.165, 1.54) is 0 Å². The molecule has 5 nitrogen and oxygen atoms in total. The Morgan fingerprint density at radius 2 is 2.16 bits per heavy atom. The molecule has 1 aromatic carbocycles. The topological polar surface area (TPSA) is 60.9 Å². The molecule has 0 spiro atoms. The molecule has 0 aliphatic carbocycles. The van der Waals surface area contributed by atoms with Crippen molar-refractivity contribution in [3.05, 3.63) is 48.0 Å². The number of amides is 2. The summed E-state index contributed by atoms with van der Waals surface area (Å²) in [5.41, 5.74) is 1.52. The summed E-state index contributed by atoms with van der Waals surface area (Å²) < 4.78 is 0. The van der Waals surface area contributed by atoms with Crippen molar-refractivity contribution in [1.82, 2.24) is 9.80 Å². The Morgan fingerprint density at radius 1 is 1.36 bits per heavy atom. The normalized spacial score (nSPS) is 22.8. The van der Waals surface area contributed by atoms with Crippen LogP contribution in [0.5, 0.6) is 0 Å². The van der Waals surface area contributed by atoms with Crippen LogP contribution >= 0.6 is 0 Å². The Bertz CT molecular complexity index is 673. The van der Waals surface area contributed by atoms with E-state index in [0.717, 1.165) is 30.5 Å². The molecule has 2 amide bonds. The number of aliphatic hydroxyl groups excluding tert-OH is 1. The predicted molar refractivity (Wildman–Crippen MR) is 95.9 cm³/mol. The van der Waals surface area contributed by atoms with E-state index >= 15 is 0 Å². The van der Waals surface area contributed by atoms with Crippen molar-refractivity contribution in [2.24, 2.45) is 5.41 Å². The van der Waals surface area contributed by atoms with Crippen LogP contribution in [0.25, 0.3) is 0 Å². The van der Waals surface area contributed by atoms with Gasteiger partial charge in [0.2, 0.25) is 5.91 Å². The fourth-order valence-electron chi connectivity index (χ4n) is 3.97. The number of benzene rings is 1. The third kappa shape index (κ3) is 3.61. The zero-order valence-electron chi connectivity index (χ0n) is 14.6. The van der Waals surface area contributed by atoms with Gasteiger partial charge in [-0.05, 0) is 30.9 Å². The molecule has 2 aliphatic heterocycles. The number of carbonyl (C=O) groups excluding carboxylic acids is 2. The predicted octanol–water partition coefficient (Wildman–Crippen LogP) is 2.21. The lowest BCUT2D eigenvalue weighted by Gasteiger charge is -2.41. The number of allylic oxidation sites excluding steroid dienone is 1. The van der Waals surface area contributed by atoms with E-state index in [1.54, 1.807) is 4.90 Å². The van der Waals surface area contributed by atoms with Gasteiger partial charge in [0.25, 0.3) is 5.91 Å². The Labute approximate surface area is 148 Å². The molecule has 1 saturated heterocycles. The molecule has 1 fully saturated rings. The number of fused-ring (bicyclic) bond motifs is 1. The van der Waals surface area contributed by atoms with E-state index in [2.05, 4.69) is 6.58 Å². The molecule has 5 heteroatoms. The molecule has 1 atom stereocenters. The van der Waals surface area contributed by atoms with Crippen molar-refractivity contribution in [3.8, 4) is 0 Å². The lowest BCUT2D eigenvalue weighted by molar-refractivity contribution is -0.135. The van der Waals surface area contributed by atoms with Crippen LogP contribution in [0.15, 0.2) is 36.9 Å². The zero-order chi connectivity index (χ0) is 17.9. The van der Waals surface area contributed by atoms with Crippen LogP contribution in [-0.4, -0.2) is 53.0 Å². The zero-order valence-corrected chi connectivity index (χ0v) is 14.6. The minimum Gasteiger partial charge on any atom is -0.396 e. The van der Waals surface area contributed by atoms with Crippen molar-refractivity contribution in [2.45, 2.75) is 32.2 Å². The third-order valence-electron chi connectivity index (χ3n) is 5.42. The number of hydrogen-bond acceptors (Lipinski definition) is 3. The van der Waals surface area contributed by atoms with Gasteiger partial charge in [0.1, 0.15) is 0 Å². The van der Waals surface area contributed by atoms with Crippen molar-refractivity contribution in [2.75, 3.05) is 26.2 Å². The number of carbonyl (C=O) groups is 2. The van der Waals surface area contributed by atoms with Gasteiger partial charge in [0.15, 0.2) is 0 Å². The van der Waals surface area contributed by atoms with Gasteiger partial charge in [-0.1, -0.05) is 24.3 Å². The number of aliphatic hydroxyl groups is 1. The Kier molecular flexibility index (Phi) is 5.23. The molecular weight excluding hydrogens is 316 g/mol. The molecule has 0 aromatic heterocycles. The average Bonchev–Trinajstić information content (AvgIpc) is 2.96. The monoisotopic (exact) mass is 342 g/mol. The van der Waals surface area contributed by atoms with Crippen LogP contribution in [0.3, 0.4) is 0 Å². The highest BCUT2D eigenvalue weighted by Crippen LogP contribution is 2.33. The largest absolute Gasteiger partial charge is 0.396 e. The SMILES string of the molecule is C=CC[C@@]1(CO)CCCN(C(=O)CCN2Cc3ccccc3C2=O)C1. The highest BCUT2D eigenvalue weighted by molar-refractivity contribution is 5.98. The smallest absolute Gasteiger partial charge is 0.254 e. The quantitative estimate of drug-likeness (QED) is 0.807. The number of hydrogen-bond donors (Lipinski definition) is 1. The fourth-order valence-corrected chi connectivity index (χ4v) is 3.97. The van der Waals surface area contributed by atoms with Crippen LogP contribution < -0.4 is 0 Å². The fraction of sp³-hybridized carbons (Fsp3) is 0.500. The number of likely N-dealkylation sites (tertiary alicyclic amines) is 1. The van der Waals surface area contributed by atoms with Gasteiger partial charge in [-0.3, -0.25) is 9.59 Å². The van der Waals surface area contributed by atoms with E-state index in [4.69, 9.17) is 0 Å². The van der Waals surface area contributed by atoms with Crippen LogP contribution in [0.4, 0.5) is 0 Å². The summed E-state index contributed by atoms with van der Waals surface area (Å²) in [5, 5.41) is 9.77. The first-order chi connectivity index (χ1) is 12.1. The van der Waals surface area contributed by atoms with E-state index in [-0.39, 0.29) is 23.8 Å². The van der Waals surface area contributed by atoms with E-state index in [0.29, 0.717) is 32.5 Å². The number of nitrogens with zero attached hydrogens (tertiary/aromatic N) is 2.